The molecule has 0 spiro atoms. The molecule has 0 unspecified atom stereocenters. The Hall–Kier alpha value is -0.480. The summed E-state index contributed by atoms with van der Waals surface area (Å²) >= 11 is 1.83. The quantitative estimate of drug-likeness (QED) is 0.780. The van der Waals surface area contributed by atoms with E-state index in [9.17, 15) is 8.42 Å². The van der Waals surface area contributed by atoms with Crippen LogP contribution >= 0.6 is 11.8 Å². The summed E-state index contributed by atoms with van der Waals surface area (Å²) < 4.78 is 21.2. The summed E-state index contributed by atoms with van der Waals surface area (Å²) in [5.41, 5.74) is 0. The first-order chi connectivity index (χ1) is 6.25. The van der Waals surface area contributed by atoms with Crippen LogP contribution in [0.3, 0.4) is 0 Å². The van der Waals surface area contributed by atoms with Crippen LogP contribution in [0.5, 0.6) is 0 Å². The van der Waals surface area contributed by atoms with Gasteiger partial charge in [0.05, 0.1) is 4.90 Å². The van der Waals surface area contributed by atoms with Crippen LogP contribution in [0, 0.1) is 0 Å². The Morgan fingerprint density at radius 3 is 2.23 bits per heavy atom. The van der Waals surface area contributed by atoms with Crippen LogP contribution in [0.25, 0.3) is 0 Å². The molecule has 1 aliphatic carbocycles. The lowest BCUT2D eigenvalue weighted by Gasteiger charge is -1.98. The Balaban J connectivity index is 2.12. The monoisotopic (exact) mass is 214 g/mol. The van der Waals surface area contributed by atoms with E-state index in [1.807, 2.05) is 23.9 Å². The van der Waals surface area contributed by atoms with E-state index >= 15 is 0 Å². The van der Waals surface area contributed by atoms with Gasteiger partial charge in [-0.3, -0.25) is 0 Å². The topological polar surface area (TPSA) is 34.1 Å². The Morgan fingerprint density at radius 1 is 1.15 bits per heavy atom. The summed E-state index contributed by atoms with van der Waals surface area (Å²) in [4.78, 5) is 1.57. The molecule has 0 bridgehead atoms. The molecular formula is C9H10O2S2. The van der Waals surface area contributed by atoms with Gasteiger partial charge in [0, 0.05) is 10.1 Å². The zero-order valence-electron chi connectivity index (χ0n) is 6.97. The molecule has 1 aromatic carbocycles. The maximum atomic E-state index is 10.6. The fourth-order valence-electron chi connectivity index (χ4n) is 1.02. The third-order valence-electron chi connectivity index (χ3n) is 1.87. The fraction of sp³-hybridized carbons (Fsp3) is 0.333. The molecule has 4 heteroatoms. The highest BCUT2D eigenvalue weighted by Gasteiger charge is 2.22. The highest BCUT2D eigenvalue weighted by molar-refractivity contribution is 8.00. The SMILES string of the molecule is O=[SH](=O)c1ccc(SC2CC2)cc1. The molecule has 0 aromatic heterocycles. The van der Waals surface area contributed by atoms with E-state index in [0.29, 0.717) is 4.90 Å². The lowest BCUT2D eigenvalue weighted by atomic mass is 10.4. The van der Waals surface area contributed by atoms with Crippen LogP contribution in [0.1, 0.15) is 12.8 Å². The zero-order valence-corrected chi connectivity index (χ0v) is 8.68. The number of thiol groups is 1. The first kappa shape index (κ1) is 9.09. The van der Waals surface area contributed by atoms with Crippen molar-refractivity contribution >= 4 is 22.5 Å². The van der Waals surface area contributed by atoms with Crippen LogP contribution in [0.15, 0.2) is 34.1 Å². The summed E-state index contributed by atoms with van der Waals surface area (Å²) in [6, 6.07) is 7.08. The largest absolute Gasteiger partial charge is 0.227 e. The molecule has 0 N–H and O–H groups in total. The summed E-state index contributed by atoms with van der Waals surface area (Å²) in [5.74, 6) is 0. The Morgan fingerprint density at radius 2 is 1.77 bits per heavy atom. The molecule has 1 saturated carbocycles. The predicted molar refractivity (Wildman–Crippen MR) is 53.9 cm³/mol. The molecule has 70 valence electrons. The van der Waals surface area contributed by atoms with Crippen molar-refractivity contribution in [2.75, 3.05) is 0 Å². The van der Waals surface area contributed by atoms with Crippen molar-refractivity contribution in [2.45, 2.75) is 27.9 Å². The summed E-state index contributed by atoms with van der Waals surface area (Å²) in [6.45, 7) is 0. The average Bonchev–Trinajstić information content (AvgIpc) is 2.89. The number of hydrogen-bond acceptors (Lipinski definition) is 3. The predicted octanol–water partition coefficient (Wildman–Crippen LogP) is 1.91. The van der Waals surface area contributed by atoms with E-state index < -0.39 is 10.7 Å². The third-order valence-corrected chi connectivity index (χ3v) is 3.94. The van der Waals surface area contributed by atoms with Crippen LogP contribution in [0.4, 0.5) is 0 Å². The van der Waals surface area contributed by atoms with E-state index in [0.717, 1.165) is 5.25 Å². The van der Waals surface area contributed by atoms with Gasteiger partial charge in [0.1, 0.15) is 0 Å². The van der Waals surface area contributed by atoms with E-state index in [4.69, 9.17) is 0 Å². The van der Waals surface area contributed by atoms with Crippen molar-refractivity contribution in [1.82, 2.24) is 0 Å². The molecule has 2 nitrogen and oxygen atoms in total. The average molecular weight is 214 g/mol. The maximum Gasteiger partial charge on any atom is 0.168 e. The van der Waals surface area contributed by atoms with Crippen LogP contribution in [0.2, 0.25) is 0 Å². The van der Waals surface area contributed by atoms with E-state index in [1.165, 1.54) is 17.7 Å². The molecule has 1 aliphatic rings. The number of rotatable bonds is 3. The third kappa shape index (κ3) is 2.48. The molecule has 0 amide bonds. The Kier molecular flexibility index (Phi) is 2.60. The van der Waals surface area contributed by atoms with Crippen molar-refractivity contribution in [1.29, 1.82) is 0 Å². The van der Waals surface area contributed by atoms with Crippen LogP contribution in [-0.4, -0.2) is 13.7 Å². The first-order valence-electron chi connectivity index (χ1n) is 4.17. The standard InChI is InChI=1S/C9H10O2S2/c10-13(11)9-5-3-8(4-6-9)12-7-1-2-7/h3-7,13H,1-2H2. The second kappa shape index (κ2) is 3.72. The van der Waals surface area contributed by atoms with E-state index in [1.54, 1.807) is 12.1 Å². The minimum absolute atomic E-state index is 0.398. The highest BCUT2D eigenvalue weighted by Crippen LogP contribution is 2.38. The lowest BCUT2D eigenvalue weighted by molar-refractivity contribution is 0.614. The molecule has 0 saturated heterocycles. The fourth-order valence-corrected chi connectivity index (χ4v) is 2.47. The zero-order chi connectivity index (χ0) is 9.26. The lowest BCUT2D eigenvalue weighted by Crippen LogP contribution is -1.80. The van der Waals surface area contributed by atoms with Crippen molar-refractivity contribution in [3.63, 3.8) is 0 Å². The van der Waals surface area contributed by atoms with Crippen LogP contribution < -0.4 is 0 Å². The van der Waals surface area contributed by atoms with Gasteiger partial charge in [-0.2, -0.15) is 0 Å². The highest BCUT2D eigenvalue weighted by atomic mass is 32.2. The second-order valence-corrected chi connectivity index (χ2v) is 5.47. The smallest absolute Gasteiger partial charge is 0.168 e. The second-order valence-electron chi connectivity index (χ2n) is 3.07. The molecule has 2 rings (SSSR count). The molecule has 0 heterocycles. The van der Waals surface area contributed by atoms with Gasteiger partial charge in [-0.1, -0.05) is 0 Å². The Labute approximate surface area is 83.3 Å². The van der Waals surface area contributed by atoms with Gasteiger partial charge in [-0.15, -0.1) is 11.8 Å². The number of thioether (sulfide) groups is 1. The summed E-state index contributed by atoms with van der Waals surface area (Å²) in [5, 5.41) is 0.770. The van der Waals surface area contributed by atoms with Crippen molar-refractivity contribution in [2.24, 2.45) is 0 Å². The van der Waals surface area contributed by atoms with Gasteiger partial charge in [-0.05, 0) is 37.1 Å². The van der Waals surface area contributed by atoms with E-state index in [-0.39, 0.29) is 0 Å². The minimum atomic E-state index is -2.42. The number of benzene rings is 1. The molecule has 0 atom stereocenters. The van der Waals surface area contributed by atoms with Crippen molar-refractivity contribution < 1.29 is 8.42 Å². The number of hydrogen-bond donors (Lipinski definition) is 1. The van der Waals surface area contributed by atoms with Gasteiger partial charge in [0.2, 0.25) is 0 Å². The van der Waals surface area contributed by atoms with Gasteiger partial charge in [0.25, 0.3) is 0 Å². The Bertz CT molecular complexity index is 356. The summed E-state index contributed by atoms with van der Waals surface area (Å²) in [6.07, 6.45) is 2.59. The molecule has 0 radical (unpaired) electrons. The maximum absolute atomic E-state index is 10.6. The van der Waals surface area contributed by atoms with Gasteiger partial charge >= 0.3 is 0 Å². The van der Waals surface area contributed by atoms with E-state index in [2.05, 4.69) is 0 Å². The normalized spacial score (nSPS) is 16.4. The summed E-state index contributed by atoms with van der Waals surface area (Å²) in [7, 11) is -2.42. The molecule has 1 aromatic rings. The van der Waals surface area contributed by atoms with Gasteiger partial charge < -0.3 is 0 Å². The minimum Gasteiger partial charge on any atom is -0.227 e. The first-order valence-corrected chi connectivity index (χ1v) is 6.22. The molecule has 13 heavy (non-hydrogen) atoms. The van der Waals surface area contributed by atoms with Crippen LogP contribution in [-0.2, 0) is 10.7 Å². The van der Waals surface area contributed by atoms with Crippen molar-refractivity contribution in [3.05, 3.63) is 24.3 Å². The van der Waals surface area contributed by atoms with Gasteiger partial charge in [-0.25, -0.2) is 8.42 Å². The van der Waals surface area contributed by atoms with Gasteiger partial charge in [0.15, 0.2) is 10.7 Å². The molecule has 1 fully saturated rings. The molecular weight excluding hydrogens is 204 g/mol. The molecule has 0 aliphatic heterocycles. The van der Waals surface area contributed by atoms with Crippen molar-refractivity contribution in [3.8, 4) is 0 Å².